The molecule has 0 radical (unpaired) electrons. The molecule has 3 heterocycles. The van der Waals surface area contributed by atoms with Crippen molar-refractivity contribution < 1.29 is 0 Å². The van der Waals surface area contributed by atoms with Gasteiger partial charge in [0, 0.05) is 38.1 Å². The molecule has 10 rings (SSSR count). The normalized spacial score (nSPS) is 11.8. The van der Waals surface area contributed by atoms with Crippen LogP contribution in [-0.4, -0.2) is 14.1 Å². The van der Waals surface area contributed by atoms with E-state index < -0.39 is 0 Å². The zero-order chi connectivity index (χ0) is 31.6. The van der Waals surface area contributed by atoms with Crippen molar-refractivity contribution in [3.05, 3.63) is 176 Å². The number of para-hydroxylation sites is 2. The summed E-state index contributed by atoms with van der Waals surface area (Å²) in [7, 11) is 0. The van der Waals surface area contributed by atoms with E-state index >= 15 is 0 Å². The summed E-state index contributed by atoms with van der Waals surface area (Å²) in [5.41, 5.74) is 11.1. The van der Waals surface area contributed by atoms with Gasteiger partial charge >= 0.3 is 0 Å². The molecule has 3 aromatic heterocycles. The van der Waals surface area contributed by atoms with Gasteiger partial charge in [0.15, 0.2) is 0 Å². The van der Waals surface area contributed by atoms with Crippen molar-refractivity contribution in [1.82, 2.24) is 14.1 Å². The third-order valence-corrected chi connectivity index (χ3v) is 9.68. The molecule has 0 unspecified atom stereocenters. The van der Waals surface area contributed by atoms with Gasteiger partial charge in [-0.15, -0.1) is 0 Å². The fraction of sp³-hybridized carbons (Fsp3) is 0. The van der Waals surface area contributed by atoms with Crippen LogP contribution < -0.4 is 0 Å². The number of fused-ring (bicyclic) bond motifs is 8. The van der Waals surface area contributed by atoms with Crippen molar-refractivity contribution in [1.29, 1.82) is 0 Å². The highest BCUT2D eigenvalue weighted by atomic mass is 15.0. The molecule has 0 N–H and O–H groups in total. The Hall–Kier alpha value is -6.45. The molecule has 7 aromatic carbocycles. The lowest BCUT2D eigenvalue weighted by molar-refractivity contribution is 1.16. The van der Waals surface area contributed by atoms with Gasteiger partial charge in [-0.2, -0.15) is 0 Å². The Morgan fingerprint density at radius 1 is 0.375 bits per heavy atom. The molecule has 10 aromatic rings. The van der Waals surface area contributed by atoms with Gasteiger partial charge in [0.2, 0.25) is 0 Å². The standard InChI is InChI=1S/C45H29N3/c1-3-15-31(16-4-1)38-28-33(29-39(46-38)32-17-5-2-6-18-32)47-41-23-11-9-21-35(41)36-26-27-43-44(45(36)47)37-22-10-12-24-42(37)48(43)40-25-13-19-30-14-7-8-20-34(30)40/h1-29H. The van der Waals surface area contributed by atoms with Gasteiger partial charge in [0.25, 0.3) is 0 Å². The molecule has 0 saturated carbocycles. The van der Waals surface area contributed by atoms with Crippen LogP contribution in [0.15, 0.2) is 176 Å². The second-order valence-corrected chi connectivity index (χ2v) is 12.4. The predicted molar refractivity (Wildman–Crippen MR) is 201 cm³/mol. The number of benzene rings is 7. The third kappa shape index (κ3) is 3.98. The first-order chi connectivity index (χ1) is 23.8. The Labute approximate surface area is 277 Å². The quantitative estimate of drug-likeness (QED) is 0.194. The van der Waals surface area contributed by atoms with Gasteiger partial charge in [0.1, 0.15) is 0 Å². The third-order valence-electron chi connectivity index (χ3n) is 9.68. The largest absolute Gasteiger partial charge is 0.309 e. The molecule has 0 atom stereocenters. The van der Waals surface area contributed by atoms with Crippen LogP contribution in [0.5, 0.6) is 0 Å². The first kappa shape index (κ1) is 26.7. The number of pyridine rings is 1. The summed E-state index contributed by atoms with van der Waals surface area (Å²) >= 11 is 0. The summed E-state index contributed by atoms with van der Waals surface area (Å²) in [6.45, 7) is 0. The van der Waals surface area contributed by atoms with Gasteiger partial charge in [-0.1, -0.05) is 140 Å². The summed E-state index contributed by atoms with van der Waals surface area (Å²) < 4.78 is 4.92. The summed E-state index contributed by atoms with van der Waals surface area (Å²) in [5, 5.41) is 7.41. The molecule has 48 heavy (non-hydrogen) atoms. The van der Waals surface area contributed by atoms with E-state index in [0.29, 0.717) is 0 Å². The second-order valence-electron chi connectivity index (χ2n) is 12.4. The average Bonchev–Trinajstić information content (AvgIpc) is 3.68. The van der Waals surface area contributed by atoms with Gasteiger partial charge in [-0.05, 0) is 41.8 Å². The van der Waals surface area contributed by atoms with E-state index in [1.54, 1.807) is 0 Å². The fourth-order valence-electron chi connectivity index (χ4n) is 7.60. The molecule has 0 amide bonds. The van der Waals surface area contributed by atoms with E-state index in [1.807, 2.05) is 0 Å². The smallest absolute Gasteiger partial charge is 0.0730 e. The van der Waals surface area contributed by atoms with Gasteiger partial charge < -0.3 is 9.13 Å². The lowest BCUT2D eigenvalue weighted by atomic mass is 10.1. The van der Waals surface area contributed by atoms with Crippen LogP contribution in [0, 0.1) is 0 Å². The van der Waals surface area contributed by atoms with Crippen molar-refractivity contribution in [2.75, 3.05) is 0 Å². The Morgan fingerprint density at radius 2 is 0.938 bits per heavy atom. The van der Waals surface area contributed by atoms with Crippen LogP contribution in [-0.2, 0) is 0 Å². The lowest BCUT2D eigenvalue weighted by Crippen LogP contribution is -1.99. The van der Waals surface area contributed by atoms with E-state index in [4.69, 9.17) is 4.98 Å². The number of rotatable bonds is 4. The van der Waals surface area contributed by atoms with Crippen LogP contribution >= 0.6 is 0 Å². The van der Waals surface area contributed by atoms with E-state index in [2.05, 4.69) is 185 Å². The molecule has 3 nitrogen and oxygen atoms in total. The van der Waals surface area contributed by atoms with Crippen molar-refractivity contribution in [3.8, 4) is 33.9 Å². The van der Waals surface area contributed by atoms with Crippen molar-refractivity contribution in [2.45, 2.75) is 0 Å². The van der Waals surface area contributed by atoms with Crippen molar-refractivity contribution in [2.24, 2.45) is 0 Å². The van der Waals surface area contributed by atoms with Crippen LogP contribution in [0.1, 0.15) is 0 Å². The zero-order valence-corrected chi connectivity index (χ0v) is 26.1. The lowest BCUT2D eigenvalue weighted by Gasteiger charge is -2.14. The highest BCUT2D eigenvalue weighted by Crippen LogP contribution is 2.43. The summed E-state index contributed by atoms with van der Waals surface area (Å²) in [6, 6.07) is 63.0. The topological polar surface area (TPSA) is 22.8 Å². The molecule has 0 fully saturated rings. The maximum Gasteiger partial charge on any atom is 0.0730 e. The Balaban J connectivity index is 1.37. The Bertz CT molecular complexity index is 2760. The summed E-state index contributed by atoms with van der Waals surface area (Å²) in [4.78, 5) is 5.21. The molecule has 3 heteroatoms. The van der Waals surface area contributed by atoms with Crippen molar-refractivity contribution in [3.63, 3.8) is 0 Å². The highest BCUT2D eigenvalue weighted by Gasteiger charge is 2.22. The minimum absolute atomic E-state index is 0.947. The van der Waals surface area contributed by atoms with Crippen LogP contribution in [0.25, 0.3) is 88.3 Å². The molecule has 0 aliphatic rings. The number of aromatic nitrogens is 3. The monoisotopic (exact) mass is 611 g/mol. The molecule has 0 aliphatic carbocycles. The number of hydrogen-bond donors (Lipinski definition) is 0. The maximum atomic E-state index is 5.21. The Kier molecular flexibility index (Phi) is 5.87. The fourth-order valence-corrected chi connectivity index (χ4v) is 7.60. The minimum Gasteiger partial charge on any atom is -0.309 e. The SMILES string of the molecule is c1ccc(-c2cc(-n3c4ccccc4c4ccc5c(c6ccccc6n5-c5cccc6ccccc56)c43)cc(-c3ccccc3)n2)cc1. The summed E-state index contributed by atoms with van der Waals surface area (Å²) in [5.74, 6) is 0. The van der Waals surface area contributed by atoms with E-state index in [0.717, 1.165) is 28.2 Å². The number of hydrogen-bond acceptors (Lipinski definition) is 1. The molecular formula is C45H29N3. The molecule has 0 saturated heterocycles. The zero-order valence-electron chi connectivity index (χ0n) is 26.1. The highest BCUT2D eigenvalue weighted by molar-refractivity contribution is 6.26. The average molecular weight is 612 g/mol. The van der Waals surface area contributed by atoms with Crippen LogP contribution in [0.3, 0.4) is 0 Å². The second kappa shape index (κ2) is 10.5. The van der Waals surface area contributed by atoms with E-state index in [9.17, 15) is 0 Å². The minimum atomic E-state index is 0.947. The molecule has 0 spiro atoms. The van der Waals surface area contributed by atoms with Gasteiger partial charge in [-0.3, -0.25) is 0 Å². The van der Waals surface area contributed by atoms with E-state index in [1.165, 1.54) is 60.1 Å². The summed E-state index contributed by atoms with van der Waals surface area (Å²) in [6.07, 6.45) is 0. The molecular weight excluding hydrogens is 583 g/mol. The van der Waals surface area contributed by atoms with Crippen LogP contribution in [0.4, 0.5) is 0 Å². The van der Waals surface area contributed by atoms with Crippen molar-refractivity contribution >= 4 is 54.4 Å². The first-order valence-corrected chi connectivity index (χ1v) is 16.4. The Morgan fingerprint density at radius 3 is 1.65 bits per heavy atom. The van der Waals surface area contributed by atoms with Gasteiger partial charge in [-0.25, -0.2) is 4.98 Å². The molecule has 224 valence electrons. The molecule has 0 aliphatic heterocycles. The first-order valence-electron chi connectivity index (χ1n) is 16.4. The predicted octanol–water partition coefficient (Wildman–Crippen LogP) is 11.8. The van der Waals surface area contributed by atoms with Crippen LogP contribution in [0.2, 0.25) is 0 Å². The maximum absolute atomic E-state index is 5.21. The van der Waals surface area contributed by atoms with E-state index in [-0.39, 0.29) is 0 Å². The van der Waals surface area contributed by atoms with Gasteiger partial charge in [0.05, 0.1) is 44.8 Å². The molecule has 0 bridgehead atoms. The number of nitrogens with zero attached hydrogens (tertiary/aromatic N) is 3.